The van der Waals surface area contributed by atoms with Crippen molar-refractivity contribution in [3.05, 3.63) is 71.8 Å². The van der Waals surface area contributed by atoms with Crippen molar-refractivity contribution in [3.63, 3.8) is 0 Å². The average molecular weight is 307 g/mol. The highest BCUT2D eigenvalue weighted by Crippen LogP contribution is 2.20. The van der Waals surface area contributed by atoms with Crippen LogP contribution in [0.2, 0.25) is 0 Å². The first-order valence-electron chi connectivity index (χ1n) is 8.24. The molecule has 0 aliphatic heterocycles. The summed E-state index contributed by atoms with van der Waals surface area (Å²) in [6.45, 7) is 6.31. The SMILES string of the molecule is CCCC(C)N(C(=O)/C=C/c1ccc(C)cc1)c1ccccc1. The summed E-state index contributed by atoms with van der Waals surface area (Å²) < 4.78 is 0. The second kappa shape index (κ2) is 8.33. The maximum Gasteiger partial charge on any atom is 0.251 e. The van der Waals surface area contributed by atoms with Crippen molar-refractivity contribution in [2.75, 3.05) is 4.90 Å². The zero-order chi connectivity index (χ0) is 16.7. The van der Waals surface area contributed by atoms with Crippen LogP contribution in [0.4, 0.5) is 5.69 Å². The fourth-order valence-electron chi connectivity index (χ4n) is 2.66. The molecule has 120 valence electrons. The molecule has 0 spiro atoms. The van der Waals surface area contributed by atoms with Gasteiger partial charge in [-0.1, -0.05) is 61.4 Å². The lowest BCUT2D eigenvalue weighted by molar-refractivity contribution is -0.114. The van der Waals surface area contributed by atoms with E-state index < -0.39 is 0 Å². The number of aryl methyl sites for hydroxylation is 1. The van der Waals surface area contributed by atoms with Gasteiger partial charge in [-0.25, -0.2) is 0 Å². The van der Waals surface area contributed by atoms with Gasteiger partial charge in [0.05, 0.1) is 0 Å². The third-order valence-corrected chi connectivity index (χ3v) is 3.91. The molecule has 0 heterocycles. The van der Waals surface area contributed by atoms with Gasteiger partial charge in [-0.2, -0.15) is 0 Å². The molecular formula is C21H25NO. The number of hydrogen-bond donors (Lipinski definition) is 0. The van der Waals surface area contributed by atoms with E-state index in [1.807, 2.05) is 53.4 Å². The van der Waals surface area contributed by atoms with Gasteiger partial charge in [0.25, 0.3) is 5.91 Å². The van der Waals surface area contributed by atoms with E-state index in [0.717, 1.165) is 24.1 Å². The molecule has 2 nitrogen and oxygen atoms in total. The average Bonchev–Trinajstić information content (AvgIpc) is 2.56. The van der Waals surface area contributed by atoms with Gasteiger partial charge in [-0.3, -0.25) is 4.79 Å². The van der Waals surface area contributed by atoms with Gasteiger partial charge < -0.3 is 4.90 Å². The van der Waals surface area contributed by atoms with Gasteiger partial charge in [-0.15, -0.1) is 0 Å². The number of para-hydroxylation sites is 1. The summed E-state index contributed by atoms with van der Waals surface area (Å²) >= 11 is 0. The third-order valence-electron chi connectivity index (χ3n) is 3.91. The Morgan fingerprint density at radius 3 is 2.35 bits per heavy atom. The standard InChI is InChI=1S/C21H25NO/c1-4-8-18(3)22(20-9-6-5-7-10-20)21(23)16-15-19-13-11-17(2)12-14-19/h5-7,9-16,18H,4,8H2,1-3H3/b16-15+. The first-order valence-corrected chi connectivity index (χ1v) is 8.24. The number of benzene rings is 2. The monoisotopic (exact) mass is 307 g/mol. The second-order valence-electron chi connectivity index (χ2n) is 5.93. The van der Waals surface area contributed by atoms with Crippen molar-refractivity contribution in [2.45, 2.75) is 39.7 Å². The zero-order valence-electron chi connectivity index (χ0n) is 14.2. The summed E-state index contributed by atoms with van der Waals surface area (Å²) in [6, 6.07) is 18.2. The lowest BCUT2D eigenvalue weighted by Crippen LogP contribution is -2.37. The fraction of sp³-hybridized carbons (Fsp3) is 0.286. The molecule has 0 aromatic heterocycles. The van der Waals surface area contributed by atoms with Gasteiger partial charge in [0.15, 0.2) is 0 Å². The molecule has 1 atom stereocenters. The largest absolute Gasteiger partial charge is 0.306 e. The molecule has 1 unspecified atom stereocenters. The smallest absolute Gasteiger partial charge is 0.251 e. The van der Waals surface area contributed by atoms with Gasteiger partial charge in [0, 0.05) is 17.8 Å². The molecule has 2 rings (SSSR count). The quantitative estimate of drug-likeness (QED) is 0.669. The first kappa shape index (κ1) is 17.0. The first-order chi connectivity index (χ1) is 11.1. The highest BCUT2D eigenvalue weighted by molar-refractivity contribution is 6.04. The summed E-state index contributed by atoms with van der Waals surface area (Å²) in [4.78, 5) is 14.6. The van der Waals surface area contributed by atoms with E-state index in [1.165, 1.54) is 5.56 Å². The molecule has 2 aromatic carbocycles. The summed E-state index contributed by atoms with van der Waals surface area (Å²) in [5.41, 5.74) is 3.21. The molecule has 0 aliphatic carbocycles. The number of anilines is 1. The summed E-state index contributed by atoms with van der Waals surface area (Å²) in [5.74, 6) is 0.0257. The van der Waals surface area contributed by atoms with Crippen LogP contribution in [0.5, 0.6) is 0 Å². The maximum absolute atomic E-state index is 12.7. The Kier molecular flexibility index (Phi) is 6.16. The van der Waals surface area contributed by atoms with Crippen LogP contribution in [0.15, 0.2) is 60.7 Å². The Morgan fingerprint density at radius 2 is 1.74 bits per heavy atom. The summed E-state index contributed by atoms with van der Waals surface area (Å²) in [6.07, 6.45) is 5.60. The normalized spacial score (nSPS) is 12.3. The predicted molar refractivity (Wildman–Crippen MR) is 98.5 cm³/mol. The van der Waals surface area contributed by atoms with Gasteiger partial charge in [0.1, 0.15) is 0 Å². The highest BCUT2D eigenvalue weighted by Gasteiger charge is 2.19. The van der Waals surface area contributed by atoms with Crippen LogP contribution < -0.4 is 4.90 Å². The van der Waals surface area contributed by atoms with Crippen molar-refractivity contribution < 1.29 is 4.79 Å². The number of amides is 1. The molecule has 0 fully saturated rings. The van der Waals surface area contributed by atoms with E-state index in [-0.39, 0.29) is 11.9 Å². The number of rotatable bonds is 6. The minimum absolute atomic E-state index is 0.0257. The van der Waals surface area contributed by atoms with Crippen LogP contribution in [0.1, 0.15) is 37.8 Å². The van der Waals surface area contributed by atoms with Crippen LogP contribution in [-0.4, -0.2) is 11.9 Å². The maximum atomic E-state index is 12.7. The van der Waals surface area contributed by atoms with Crippen molar-refractivity contribution in [3.8, 4) is 0 Å². The van der Waals surface area contributed by atoms with E-state index in [4.69, 9.17) is 0 Å². The third kappa shape index (κ3) is 4.82. The summed E-state index contributed by atoms with van der Waals surface area (Å²) in [7, 11) is 0. The topological polar surface area (TPSA) is 20.3 Å². The Bertz CT molecular complexity index is 643. The number of carbonyl (C=O) groups excluding carboxylic acids is 1. The lowest BCUT2D eigenvalue weighted by Gasteiger charge is -2.28. The molecule has 23 heavy (non-hydrogen) atoms. The Labute approximate surface area is 139 Å². The minimum Gasteiger partial charge on any atom is -0.306 e. The molecule has 0 saturated carbocycles. The van der Waals surface area contributed by atoms with E-state index in [2.05, 4.69) is 32.9 Å². The lowest BCUT2D eigenvalue weighted by atomic mass is 10.1. The Hall–Kier alpha value is -2.35. The van der Waals surface area contributed by atoms with Crippen molar-refractivity contribution >= 4 is 17.7 Å². The molecule has 0 saturated heterocycles. The van der Waals surface area contributed by atoms with E-state index in [9.17, 15) is 4.79 Å². The molecule has 2 aromatic rings. The van der Waals surface area contributed by atoms with Crippen LogP contribution in [0, 0.1) is 6.92 Å². The molecule has 0 bridgehead atoms. The zero-order valence-corrected chi connectivity index (χ0v) is 14.2. The van der Waals surface area contributed by atoms with Crippen LogP contribution >= 0.6 is 0 Å². The molecule has 1 amide bonds. The van der Waals surface area contributed by atoms with Crippen LogP contribution in [0.25, 0.3) is 6.08 Å². The van der Waals surface area contributed by atoms with Crippen LogP contribution in [0.3, 0.4) is 0 Å². The van der Waals surface area contributed by atoms with E-state index in [0.29, 0.717) is 0 Å². The van der Waals surface area contributed by atoms with Crippen molar-refractivity contribution in [1.29, 1.82) is 0 Å². The van der Waals surface area contributed by atoms with Crippen molar-refractivity contribution in [1.82, 2.24) is 0 Å². The highest BCUT2D eigenvalue weighted by atomic mass is 16.2. The Morgan fingerprint density at radius 1 is 1.09 bits per heavy atom. The molecular weight excluding hydrogens is 282 g/mol. The second-order valence-corrected chi connectivity index (χ2v) is 5.93. The number of hydrogen-bond acceptors (Lipinski definition) is 1. The van der Waals surface area contributed by atoms with E-state index >= 15 is 0 Å². The van der Waals surface area contributed by atoms with Gasteiger partial charge in [0.2, 0.25) is 0 Å². The molecule has 0 aliphatic rings. The fourth-order valence-corrected chi connectivity index (χ4v) is 2.66. The molecule has 0 radical (unpaired) electrons. The van der Waals surface area contributed by atoms with Crippen LogP contribution in [-0.2, 0) is 4.79 Å². The van der Waals surface area contributed by atoms with Gasteiger partial charge >= 0.3 is 0 Å². The summed E-state index contributed by atoms with van der Waals surface area (Å²) in [5, 5.41) is 0. The molecule has 2 heteroatoms. The van der Waals surface area contributed by atoms with Crippen molar-refractivity contribution in [2.24, 2.45) is 0 Å². The number of carbonyl (C=O) groups is 1. The minimum atomic E-state index is 0.0257. The Balaban J connectivity index is 2.21. The van der Waals surface area contributed by atoms with Gasteiger partial charge in [-0.05, 0) is 44.0 Å². The predicted octanol–water partition coefficient (Wildman–Crippen LogP) is 5.23. The number of nitrogens with zero attached hydrogens (tertiary/aromatic N) is 1. The van der Waals surface area contributed by atoms with E-state index in [1.54, 1.807) is 6.08 Å². The molecule has 0 N–H and O–H groups in total.